The number of anilines is 1. The molecule has 0 unspecified atom stereocenters. The summed E-state index contributed by atoms with van der Waals surface area (Å²) in [5.41, 5.74) is -0.298. The number of ether oxygens (including phenoxy) is 1. The van der Waals surface area contributed by atoms with Crippen LogP contribution in [0.25, 0.3) is 0 Å². The van der Waals surface area contributed by atoms with Gasteiger partial charge in [-0.2, -0.15) is 0 Å². The highest BCUT2D eigenvalue weighted by molar-refractivity contribution is 9.10. The van der Waals surface area contributed by atoms with Crippen LogP contribution in [0, 0.1) is 5.92 Å². The van der Waals surface area contributed by atoms with E-state index in [1.807, 2.05) is 20.2 Å². The summed E-state index contributed by atoms with van der Waals surface area (Å²) >= 11 is 3.45. The van der Waals surface area contributed by atoms with Crippen LogP contribution in [-0.2, 0) is 10.3 Å². The van der Waals surface area contributed by atoms with Crippen LogP contribution in [0.1, 0.15) is 45.4 Å². The summed E-state index contributed by atoms with van der Waals surface area (Å²) in [7, 11) is 1.87. The Balaban J connectivity index is 2.33. The number of nitrogens with one attached hydrogen (secondary N) is 1. The first kappa shape index (κ1) is 14.7. The SMILES string of the molecule is CCOC1(c2ncc(Br)c(NC)n2)CCC(C)CC1. The van der Waals surface area contributed by atoms with Crippen LogP contribution in [0.15, 0.2) is 10.7 Å². The third-order valence-electron chi connectivity index (χ3n) is 3.89. The van der Waals surface area contributed by atoms with Crippen LogP contribution in [-0.4, -0.2) is 23.6 Å². The number of nitrogens with zero attached hydrogens (tertiary/aromatic N) is 2. The largest absolute Gasteiger partial charge is 0.372 e. The maximum atomic E-state index is 6.08. The molecule has 0 saturated heterocycles. The first-order valence-electron chi connectivity index (χ1n) is 6.96. The minimum Gasteiger partial charge on any atom is -0.372 e. The number of aromatic nitrogens is 2. The Kier molecular flexibility index (Phi) is 4.79. The summed E-state index contributed by atoms with van der Waals surface area (Å²) in [5, 5.41) is 3.09. The van der Waals surface area contributed by atoms with Crippen molar-refractivity contribution in [3.63, 3.8) is 0 Å². The summed E-state index contributed by atoms with van der Waals surface area (Å²) in [6.07, 6.45) is 6.18. The zero-order valence-corrected chi connectivity index (χ0v) is 13.5. The standard InChI is InChI=1S/C14H22BrN3O/c1-4-19-14(7-5-10(2)6-8-14)13-17-9-11(15)12(16-3)18-13/h9-10H,4-8H2,1-3H3,(H,16,17,18). The number of hydrogen-bond acceptors (Lipinski definition) is 4. The van der Waals surface area contributed by atoms with E-state index in [4.69, 9.17) is 4.74 Å². The van der Waals surface area contributed by atoms with Gasteiger partial charge in [-0.15, -0.1) is 0 Å². The van der Waals surface area contributed by atoms with Gasteiger partial charge in [-0.3, -0.25) is 0 Å². The van der Waals surface area contributed by atoms with Crippen LogP contribution < -0.4 is 5.32 Å². The first-order valence-corrected chi connectivity index (χ1v) is 7.75. The van der Waals surface area contributed by atoms with Gasteiger partial charge in [0.25, 0.3) is 0 Å². The second-order valence-electron chi connectivity index (χ2n) is 5.25. The molecule has 2 rings (SSSR count). The lowest BCUT2D eigenvalue weighted by Crippen LogP contribution is -2.36. The zero-order chi connectivity index (χ0) is 13.9. The van der Waals surface area contributed by atoms with Crippen molar-refractivity contribution in [3.05, 3.63) is 16.5 Å². The molecule has 0 aromatic carbocycles. The number of hydrogen-bond donors (Lipinski definition) is 1. The molecule has 1 aliphatic carbocycles. The molecule has 0 bridgehead atoms. The highest BCUT2D eigenvalue weighted by atomic mass is 79.9. The highest BCUT2D eigenvalue weighted by Gasteiger charge is 2.39. The first-order chi connectivity index (χ1) is 9.11. The van der Waals surface area contributed by atoms with Crippen molar-refractivity contribution in [2.75, 3.05) is 19.0 Å². The minimum atomic E-state index is -0.298. The van der Waals surface area contributed by atoms with E-state index in [9.17, 15) is 0 Å². The molecule has 1 fully saturated rings. The third-order valence-corrected chi connectivity index (χ3v) is 4.47. The Labute approximate surface area is 123 Å². The molecular weight excluding hydrogens is 306 g/mol. The summed E-state index contributed by atoms with van der Waals surface area (Å²) in [4.78, 5) is 9.14. The van der Waals surface area contributed by atoms with Crippen molar-refractivity contribution in [1.29, 1.82) is 0 Å². The summed E-state index contributed by atoms with van der Waals surface area (Å²) in [6, 6.07) is 0. The molecule has 0 radical (unpaired) electrons. The Hall–Kier alpha value is -0.680. The van der Waals surface area contributed by atoms with Crippen molar-refractivity contribution >= 4 is 21.7 Å². The van der Waals surface area contributed by atoms with Gasteiger partial charge in [0.05, 0.1) is 4.47 Å². The number of rotatable bonds is 4. The van der Waals surface area contributed by atoms with Gasteiger partial charge in [0.2, 0.25) is 0 Å². The quantitative estimate of drug-likeness (QED) is 0.915. The lowest BCUT2D eigenvalue weighted by molar-refractivity contribution is -0.0836. The Bertz CT molecular complexity index is 431. The molecule has 1 aliphatic rings. The van der Waals surface area contributed by atoms with Gasteiger partial charge in [-0.25, -0.2) is 9.97 Å². The lowest BCUT2D eigenvalue weighted by atomic mass is 9.79. The van der Waals surface area contributed by atoms with Crippen LogP contribution in [0.3, 0.4) is 0 Å². The van der Waals surface area contributed by atoms with E-state index in [0.29, 0.717) is 6.61 Å². The summed E-state index contributed by atoms with van der Waals surface area (Å²) in [6.45, 7) is 5.04. The Morgan fingerprint density at radius 3 is 2.74 bits per heavy atom. The molecular formula is C14H22BrN3O. The highest BCUT2D eigenvalue weighted by Crippen LogP contribution is 2.41. The van der Waals surface area contributed by atoms with E-state index in [1.165, 1.54) is 12.8 Å². The van der Waals surface area contributed by atoms with Crippen molar-refractivity contribution in [1.82, 2.24) is 9.97 Å². The van der Waals surface area contributed by atoms with E-state index in [1.54, 1.807) is 0 Å². The van der Waals surface area contributed by atoms with Crippen molar-refractivity contribution in [3.8, 4) is 0 Å². The second kappa shape index (κ2) is 6.18. The molecule has 0 aliphatic heterocycles. The summed E-state index contributed by atoms with van der Waals surface area (Å²) in [5.74, 6) is 2.41. The second-order valence-corrected chi connectivity index (χ2v) is 6.10. The molecule has 4 nitrogen and oxygen atoms in total. The lowest BCUT2D eigenvalue weighted by Gasteiger charge is -2.37. The average Bonchev–Trinajstić information content (AvgIpc) is 2.42. The zero-order valence-electron chi connectivity index (χ0n) is 11.9. The van der Waals surface area contributed by atoms with E-state index in [-0.39, 0.29) is 5.60 Å². The van der Waals surface area contributed by atoms with Crippen LogP contribution >= 0.6 is 15.9 Å². The van der Waals surface area contributed by atoms with Gasteiger partial charge in [-0.1, -0.05) is 6.92 Å². The van der Waals surface area contributed by atoms with Gasteiger partial charge in [0, 0.05) is 19.9 Å². The Morgan fingerprint density at radius 2 is 2.16 bits per heavy atom. The average molecular weight is 328 g/mol. The van der Waals surface area contributed by atoms with E-state index < -0.39 is 0 Å². The molecule has 5 heteroatoms. The fourth-order valence-electron chi connectivity index (χ4n) is 2.70. The van der Waals surface area contributed by atoms with Gasteiger partial charge in [-0.05, 0) is 54.5 Å². The van der Waals surface area contributed by atoms with Crippen LogP contribution in [0.5, 0.6) is 0 Å². The van der Waals surface area contributed by atoms with Crippen molar-refractivity contribution in [2.45, 2.75) is 45.1 Å². The fraction of sp³-hybridized carbons (Fsp3) is 0.714. The van der Waals surface area contributed by atoms with E-state index >= 15 is 0 Å². The molecule has 1 N–H and O–H groups in total. The maximum Gasteiger partial charge on any atom is 0.162 e. The van der Waals surface area contributed by atoms with Crippen LogP contribution in [0.2, 0.25) is 0 Å². The third kappa shape index (κ3) is 3.08. The predicted molar refractivity (Wildman–Crippen MR) is 80.2 cm³/mol. The molecule has 0 spiro atoms. The van der Waals surface area contributed by atoms with E-state index in [2.05, 4.69) is 38.1 Å². The van der Waals surface area contributed by atoms with Gasteiger partial charge >= 0.3 is 0 Å². The molecule has 0 amide bonds. The van der Waals surface area contributed by atoms with Crippen molar-refractivity contribution in [2.24, 2.45) is 5.92 Å². The van der Waals surface area contributed by atoms with Crippen LogP contribution in [0.4, 0.5) is 5.82 Å². The van der Waals surface area contributed by atoms with E-state index in [0.717, 1.165) is 34.9 Å². The maximum absolute atomic E-state index is 6.08. The fourth-order valence-corrected chi connectivity index (χ4v) is 3.09. The number of halogens is 1. The minimum absolute atomic E-state index is 0.298. The topological polar surface area (TPSA) is 47.0 Å². The van der Waals surface area contributed by atoms with Gasteiger partial charge < -0.3 is 10.1 Å². The normalized spacial score (nSPS) is 27.3. The molecule has 1 heterocycles. The van der Waals surface area contributed by atoms with Crippen molar-refractivity contribution < 1.29 is 4.74 Å². The molecule has 0 atom stereocenters. The summed E-state index contributed by atoms with van der Waals surface area (Å²) < 4.78 is 6.96. The van der Waals surface area contributed by atoms with Gasteiger partial charge in [0.15, 0.2) is 5.82 Å². The molecule has 1 aromatic rings. The predicted octanol–water partition coefficient (Wildman–Crippen LogP) is 3.72. The molecule has 1 aromatic heterocycles. The molecule has 19 heavy (non-hydrogen) atoms. The Morgan fingerprint density at radius 1 is 1.47 bits per heavy atom. The smallest absolute Gasteiger partial charge is 0.162 e. The molecule has 106 valence electrons. The molecule has 1 saturated carbocycles. The monoisotopic (exact) mass is 327 g/mol. The van der Waals surface area contributed by atoms with Gasteiger partial charge in [0.1, 0.15) is 11.4 Å².